The number of amides is 2. The van der Waals surface area contributed by atoms with Crippen LogP contribution in [0.3, 0.4) is 0 Å². The van der Waals surface area contributed by atoms with Crippen LogP contribution in [-0.4, -0.2) is 37.1 Å². The molecule has 0 aliphatic carbocycles. The number of carbonyl (C=O) groups excluding carboxylic acids is 1. The van der Waals surface area contributed by atoms with Gasteiger partial charge in [-0.3, -0.25) is 0 Å². The Kier molecular flexibility index (Phi) is 5.37. The second-order valence-corrected chi connectivity index (χ2v) is 4.16. The molecule has 1 fully saturated rings. The van der Waals surface area contributed by atoms with Gasteiger partial charge in [-0.25, -0.2) is 9.18 Å². The van der Waals surface area contributed by atoms with Crippen molar-refractivity contribution in [2.45, 2.75) is 12.5 Å². The third kappa shape index (κ3) is 3.58. The van der Waals surface area contributed by atoms with Gasteiger partial charge in [0.15, 0.2) is 0 Å². The van der Waals surface area contributed by atoms with Crippen molar-refractivity contribution in [3.63, 3.8) is 0 Å². The Morgan fingerprint density at radius 1 is 1.50 bits per heavy atom. The molecule has 0 unspecified atom stereocenters. The monoisotopic (exact) mass is 273 g/mol. The van der Waals surface area contributed by atoms with E-state index in [1.165, 1.54) is 12.1 Å². The van der Waals surface area contributed by atoms with E-state index in [4.69, 9.17) is 0 Å². The lowest BCUT2D eigenvalue weighted by molar-refractivity contribution is 0.221. The highest BCUT2D eigenvalue weighted by molar-refractivity contribution is 5.89. The minimum absolute atomic E-state index is 0. The molecule has 0 bridgehead atoms. The lowest BCUT2D eigenvalue weighted by Crippen LogP contribution is -2.36. The SMILES string of the molecule is CN[C@@H]1CCN(C(=O)Nc2cccc(F)c2)C1.Cl. The second kappa shape index (κ2) is 6.56. The first-order chi connectivity index (χ1) is 8.19. The van der Waals surface area contributed by atoms with E-state index in [9.17, 15) is 9.18 Å². The summed E-state index contributed by atoms with van der Waals surface area (Å²) < 4.78 is 12.9. The molecule has 4 nitrogen and oxygen atoms in total. The van der Waals surface area contributed by atoms with Crippen molar-refractivity contribution in [2.75, 3.05) is 25.5 Å². The number of nitrogens with zero attached hydrogens (tertiary/aromatic N) is 1. The van der Waals surface area contributed by atoms with Crippen molar-refractivity contribution in [2.24, 2.45) is 0 Å². The summed E-state index contributed by atoms with van der Waals surface area (Å²) in [7, 11) is 1.89. The van der Waals surface area contributed by atoms with Crippen molar-refractivity contribution >= 4 is 24.1 Å². The quantitative estimate of drug-likeness (QED) is 0.866. The highest BCUT2D eigenvalue weighted by atomic mass is 35.5. The number of halogens is 2. The molecular formula is C12H17ClFN3O. The molecule has 1 saturated heterocycles. The smallest absolute Gasteiger partial charge is 0.321 e. The topological polar surface area (TPSA) is 44.4 Å². The first-order valence-corrected chi connectivity index (χ1v) is 5.68. The summed E-state index contributed by atoms with van der Waals surface area (Å²) in [6, 6.07) is 6.09. The molecule has 1 heterocycles. The summed E-state index contributed by atoms with van der Waals surface area (Å²) >= 11 is 0. The molecule has 0 aromatic heterocycles. The zero-order valence-electron chi connectivity index (χ0n) is 10.1. The molecule has 6 heteroatoms. The average molecular weight is 274 g/mol. The number of hydrogen-bond donors (Lipinski definition) is 2. The van der Waals surface area contributed by atoms with Crippen molar-refractivity contribution in [3.8, 4) is 0 Å². The van der Waals surface area contributed by atoms with E-state index in [1.807, 2.05) is 7.05 Å². The molecule has 1 aromatic carbocycles. The summed E-state index contributed by atoms with van der Waals surface area (Å²) in [4.78, 5) is 13.6. The van der Waals surface area contributed by atoms with Gasteiger partial charge in [0, 0.05) is 24.8 Å². The predicted molar refractivity (Wildman–Crippen MR) is 71.7 cm³/mol. The summed E-state index contributed by atoms with van der Waals surface area (Å²) in [5.74, 6) is -0.350. The van der Waals surface area contributed by atoms with Crippen LogP contribution in [-0.2, 0) is 0 Å². The number of anilines is 1. The van der Waals surface area contributed by atoms with Gasteiger partial charge in [0.05, 0.1) is 0 Å². The fraction of sp³-hybridized carbons (Fsp3) is 0.417. The van der Waals surface area contributed by atoms with E-state index in [0.717, 1.165) is 13.0 Å². The standard InChI is InChI=1S/C12H16FN3O.ClH/c1-14-11-5-6-16(8-11)12(17)15-10-4-2-3-9(13)7-10;/h2-4,7,11,14H,5-6,8H2,1H3,(H,15,17);1H/t11-;/m1./s1. The van der Waals surface area contributed by atoms with Gasteiger partial charge in [-0.2, -0.15) is 0 Å². The molecule has 0 spiro atoms. The molecule has 1 atom stereocenters. The zero-order valence-corrected chi connectivity index (χ0v) is 11.0. The molecule has 2 rings (SSSR count). The molecule has 1 aliphatic heterocycles. The first-order valence-electron chi connectivity index (χ1n) is 5.68. The Balaban J connectivity index is 0.00000162. The lowest BCUT2D eigenvalue weighted by atomic mass is 10.3. The summed E-state index contributed by atoms with van der Waals surface area (Å²) in [6.45, 7) is 1.42. The van der Waals surface area contributed by atoms with Gasteiger partial charge in [-0.1, -0.05) is 6.07 Å². The average Bonchev–Trinajstić information content (AvgIpc) is 2.77. The fourth-order valence-electron chi connectivity index (χ4n) is 1.95. The highest BCUT2D eigenvalue weighted by Gasteiger charge is 2.24. The molecule has 2 N–H and O–H groups in total. The molecule has 0 saturated carbocycles. The summed E-state index contributed by atoms with van der Waals surface area (Å²) in [5, 5.41) is 5.83. The Morgan fingerprint density at radius 3 is 2.89 bits per heavy atom. The van der Waals surface area contributed by atoms with Crippen LogP contribution >= 0.6 is 12.4 Å². The maximum absolute atomic E-state index is 12.9. The van der Waals surface area contributed by atoms with Gasteiger partial charge in [0.1, 0.15) is 5.82 Å². The van der Waals surface area contributed by atoms with Crippen LogP contribution in [0.25, 0.3) is 0 Å². The third-order valence-electron chi connectivity index (χ3n) is 2.96. The van der Waals surface area contributed by atoms with E-state index in [2.05, 4.69) is 10.6 Å². The number of hydrogen-bond acceptors (Lipinski definition) is 2. The minimum Gasteiger partial charge on any atom is -0.323 e. The van der Waals surface area contributed by atoms with Gasteiger partial charge >= 0.3 is 6.03 Å². The van der Waals surface area contributed by atoms with Crippen molar-refractivity contribution < 1.29 is 9.18 Å². The van der Waals surface area contributed by atoms with E-state index in [1.54, 1.807) is 17.0 Å². The lowest BCUT2D eigenvalue weighted by Gasteiger charge is -2.17. The Hall–Kier alpha value is -1.33. The van der Waals surface area contributed by atoms with E-state index >= 15 is 0 Å². The van der Waals surface area contributed by atoms with E-state index < -0.39 is 0 Å². The van der Waals surface area contributed by atoms with Crippen molar-refractivity contribution in [1.82, 2.24) is 10.2 Å². The molecule has 100 valence electrons. The van der Waals surface area contributed by atoms with Crippen LogP contribution in [0.1, 0.15) is 6.42 Å². The van der Waals surface area contributed by atoms with Gasteiger partial charge in [-0.15, -0.1) is 12.4 Å². The number of carbonyl (C=O) groups is 1. The molecule has 0 radical (unpaired) electrons. The minimum atomic E-state index is -0.350. The largest absolute Gasteiger partial charge is 0.323 e. The van der Waals surface area contributed by atoms with Crippen molar-refractivity contribution in [1.29, 1.82) is 0 Å². The second-order valence-electron chi connectivity index (χ2n) is 4.16. The van der Waals surface area contributed by atoms with E-state index in [-0.39, 0.29) is 24.3 Å². The number of benzene rings is 1. The van der Waals surface area contributed by atoms with Crippen LogP contribution in [0.2, 0.25) is 0 Å². The molecule has 1 aromatic rings. The number of likely N-dealkylation sites (tertiary alicyclic amines) is 1. The number of rotatable bonds is 2. The van der Waals surface area contributed by atoms with Gasteiger partial charge in [0.2, 0.25) is 0 Å². The molecule has 2 amide bonds. The van der Waals surface area contributed by atoms with Gasteiger partial charge in [-0.05, 0) is 31.7 Å². The Morgan fingerprint density at radius 2 is 2.28 bits per heavy atom. The number of likely N-dealkylation sites (N-methyl/N-ethyl adjacent to an activating group) is 1. The first kappa shape index (κ1) is 14.7. The fourth-order valence-corrected chi connectivity index (χ4v) is 1.95. The maximum atomic E-state index is 12.9. The van der Waals surface area contributed by atoms with Crippen molar-refractivity contribution in [3.05, 3.63) is 30.1 Å². The number of urea groups is 1. The summed E-state index contributed by atoms with van der Waals surface area (Å²) in [5.41, 5.74) is 0.489. The number of nitrogens with one attached hydrogen (secondary N) is 2. The Bertz CT molecular complexity index is 416. The molecular weight excluding hydrogens is 257 g/mol. The Labute approximate surface area is 112 Å². The van der Waals surface area contributed by atoms with Gasteiger partial charge in [0.25, 0.3) is 0 Å². The predicted octanol–water partition coefficient (Wildman–Crippen LogP) is 2.07. The van der Waals surface area contributed by atoms with Crippen LogP contribution in [0.15, 0.2) is 24.3 Å². The molecule has 1 aliphatic rings. The van der Waals surface area contributed by atoms with Gasteiger partial charge < -0.3 is 15.5 Å². The summed E-state index contributed by atoms with van der Waals surface area (Å²) in [6.07, 6.45) is 0.951. The molecule has 18 heavy (non-hydrogen) atoms. The normalized spacial score (nSPS) is 18.3. The van der Waals surface area contributed by atoms with Crippen LogP contribution in [0.4, 0.5) is 14.9 Å². The third-order valence-corrected chi connectivity index (χ3v) is 2.96. The zero-order chi connectivity index (χ0) is 12.3. The maximum Gasteiger partial charge on any atom is 0.321 e. The van der Waals surface area contributed by atoms with Crippen LogP contribution in [0.5, 0.6) is 0 Å². The van der Waals surface area contributed by atoms with E-state index in [0.29, 0.717) is 18.3 Å². The van der Waals surface area contributed by atoms with Crippen LogP contribution < -0.4 is 10.6 Å². The van der Waals surface area contributed by atoms with Crippen LogP contribution in [0, 0.1) is 5.82 Å². The highest BCUT2D eigenvalue weighted by Crippen LogP contribution is 2.13.